The van der Waals surface area contributed by atoms with Crippen LogP contribution in [0, 0.1) is 5.92 Å². The van der Waals surface area contributed by atoms with Crippen molar-refractivity contribution in [3.63, 3.8) is 0 Å². The molecule has 1 aliphatic heterocycles. The molecular weight excluding hydrogens is 204 g/mol. The molecular formula is C12H26N2O2. The molecule has 4 nitrogen and oxygen atoms in total. The number of rotatable bonds is 6. The van der Waals surface area contributed by atoms with Gasteiger partial charge < -0.3 is 20.5 Å². The summed E-state index contributed by atoms with van der Waals surface area (Å²) in [6.07, 6.45) is 0.795. The summed E-state index contributed by atoms with van der Waals surface area (Å²) >= 11 is 0. The van der Waals surface area contributed by atoms with E-state index in [4.69, 9.17) is 4.74 Å². The Hall–Kier alpha value is -0.160. The molecule has 1 saturated heterocycles. The molecule has 4 heteroatoms. The van der Waals surface area contributed by atoms with Gasteiger partial charge in [-0.3, -0.25) is 0 Å². The van der Waals surface area contributed by atoms with Gasteiger partial charge in [0.2, 0.25) is 0 Å². The molecule has 1 rings (SSSR count). The maximum absolute atomic E-state index is 9.68. The molecule has 0 amide bonds. The summed E-state index contributed by atoms with van der Waals surface area (Å²) in [5.74, 6) is 0.316. The first-order valence-corrected chi connectivity index (χ1v) is 6.32. The maximum Gasteiger partial charge on any atom is 0.0687 e. The molecule has 3 N–H and O–H groups in total. The van der Waals surface area contributed by atoms with Crippen LogP contribution in [0.4, 0.5) is 0 Å². The van der Waals surface area contributed by atoms with Gasteiger partial charge in [-0.2, -0.15) is 0 Å². The van der Waals surface area contributed by atoms with Crippen molar-refractivity contribution in [1.29, 1.82) is 0 Å². The lowest BCUT2D eigenvalue weighted by Gasteiger charge is -2.27. The molecule has 0 aromatic heterocycles. The van der Waals surface area contributed by atoms with Gasteiger partial charge in [-0.25, -0.2) is 0 Å². The van der Waals surface area contributed by atoms with Gasteiger partial charge in [0.15, 0.2) is 0 Å². The molecule has 0 radical (unpaired) electrons. The molecule has 0 aromatic carbocycles. The first kappa shape index (κ1) is 13.9. The van der Waals surface area contributed by atoms with E-state index in [0.29, 0.717) is 24.5 Å². The van der Waals surface area contributed by atoms with Crippen LogP contribution in [0.3, 0.4) is 0 Å². The SMILES string of the molecule is CC(CC1COCCN1)NCC(O)C(C)C. The van der Waals surface area contributed by atoms with E-state index < -0.39 is 0 Å². The molecule has 0 aromatic rings. The first-order chi connectivity index (χ1) is 7.59. The lowest BCUT2D eigenvalue weighted by atomic mass is 10.1. The predicted molar refractivity (Wildman–Crippen MR) is 65.5 cm³/mol. The zero-order valence-electron chi connectivity index (χ0n) is 10.7. The monoisotopic (exact) mass is 230 g/mol. The van der Waals surface area contributed by atoms with Crippen LogP contribution in [-0.4, -0.2) is 49.6 Å². The third-order valence-electron chi connectivity index (χ3n) is 3.08. The number of hydrogen-bond acceptors (Lipinski definition) is 4. The average Bonchev–Trinajstić information content (AvgIpc) is 2.27. The van der Waals surface area contributed by atoms with Gasteiger partial charge in [0, 0.05) is 25.2 Å². The predicted octanol–water partition coefficient (Wildman–Crippen LogP) is 0.360. The average molecular weight is 230 g/mol. The van der Waals surface area contributed by atoms with E-state index in [1.165, 1.54) is 0 Å². The van der Waals surface area contributed by atoms with E-state index in [0.717, 1.165) is 26.2 Å². The third-order valence-corrected chi connectivity index (χ3v) is 3.08. The Kier molecular flexibility index (Phi) is 6.28. The van der Waals surface area contributed by atoms with Crippen molar-refractivity contribution in [3.8, 4) is 0 Å². The smallest absolute Gasteiger partial charge is 0.0687 e. The molecule has 1 fully saturated rings. The topological polar surface area (TPSA) is 53.5 Å². The van der Waals surface area contributed by atoms with Gasteiger partial charge >= 0.3 is 0 Å². The highest BCUT2D eigenvalue weighted by atomic mass is 16.5. The fraction of sp³-hybridized carbons (Fsp3) is 1.00. The fourth-order valence-electron chi connectivity index (χ4n) is 1.84. The largest absolute Gasteiger partial charge is 0.392 e. The second-order valence-electron chi connectivity index (χ2n) is 5.08. The minimum atomic E-state index is -0.252. The molecule has 3 unspecified atom stereocenters. The highest BCUT2D eigenvalue weighted by molar-refractivity contribution is 4.76. The van der Waals surface area contributed by atoms with Crippen molar-refractivity contribution < 1.29 is 9.84 Å². The fourth-order valence-corrected chi connectivity index (χ4v) is 1.84. The number of aliphatic hydroxyl groups is 1. The molecule has 0 bridgehead atoms. The standard InChI is InChI=1S/C12H26N2O2/c1-9(2)12(15)7-14-10(3)6-11-8-16-5-4-13-11/h9-15H,4-8H2,1-3H3. The van der Waals surface area contributed by atoms with Gasteiger partial charge in [-0.15, -0.1) is 0 Å². The minimum Gasteiger partial charge on any atom is -0.392 e. The van der Waals surface area contributed by atoms with E-state index in [1.807, 2.05) is 13.8 Å². The molecule has 16 heavy (non-hydrogen) atoms. The van der Waals surface area contributed by atoms with Gasteiger partial charge in [0.05, 0.1) is 19.3 Å². The van der Waals surface area contributed by atoms with Gasteiger partial charge in [0.25, 0.3) is 0 Å². The lowest BCUT2D eigenvalue weighted by Crippen LogP contribution is -2.46. The van der Waals surface area contributed by atoms with E-state index in [-0.39, 0.29) is 6.10 Å². The zero-order chi connectivity index (χ0) is 12.0. The van der Waals surface area contributed by atoms with Crippen LogP contribution in [0.5, 0.6) is 0 Å². The van der Waals surface area contributed by atoms with E-state index in [9.17, 15) is 5.11 Å². The van der Waals surface area contributed by atoms with Crippen LogP contribution in [0.1, 0.15) is 27.2 Å². The second kappa shape index (κ2) is 7.22. The Morgan fingerprint density at radius 1 is 1.44 bits per heavy atom. The van der Waals surface area contributed by atoms with Gasteiger partial charge in [0.1, 0.15) is 0 Å². The zero-order valence-corrected chi connectivity index (χ0v) is 10.7. The van der Waals surface area contributed by atoms with Crippen LogP contribution >= 0.6 is 0 Å². The normalized spacial score (nSPS) is 25.7. The summed E-state index contributed by atoms with van der Waals surface area (Å²) < 4.78 is 5.41. The molecule has 1 heterocycles. The Balaban J connectivity index is 2.12. The highest BCUT2D eigenvalue weighted by Crippen LogP contribution is 2.04. The first-order valence-electron chi connectivity index (χ1n) is 6.32. The number of nitrogens with one attached hydrogen (secondary N) is 2. The Bertz CT molecular complexity index is 182. The Morgan fingerprint density at radius 2 is 2.19 bits per heavy atom. The van der Waals surface area contributed by atoms with Crippen LogP contribution in [0.2, 0.25) is 0 Å². The highest BCUT2D eigenvalue weighted by Gasteiger charge is 2.17. The quantitative estimate of drug-likeness (QED) is 0.617. The molecule has 0 aliphatic carbocycles. The minimum absolute atomic E-state index is 0.252. The van der Waals surface area contributed by atoms with Crippen LogP contribution in [0.15, 0.2) is 0 Å². The van der Waals surface area contributed by atoms with Crippen molar-refractivity contribution in [2.75, 3.05) is 26.3 Å². The van der Waals surface area contributed by atoms with Crippen LogP contribution in [-0.2, 0) is 4.74 Å². The number of ether oxygens (including phenoxy) is 1. The maximum atomic E-state index is 9.68. The summed E-state index contributed by atoms with van der Waals surface area (Å²) in [6.45, 7) is 9.48. The van der Waals surface area contributed by atoms with E-state index >= 15 is 0 Å². The molecule has 1 aliphatic rings. The molecule has 0 saturated carbocycles. The van der Waals surface area contributed by atoms with Crippen molar-refractivity contribution >= 4 is 0 Å². The van der Waals surface area contributed by atoms with Crippen molar-refractivity contribution in [3.05, 3.63) is 0 Å². The van der Waals surface area contributed by atoms with Gasteiger partial charge in [-0.1, -0.05) is 13.8 Å². The molecule has 3 atom stereocenters. The number of aliphatic hydroxyl groups excluding tert-OH is 1. The van der Waals surface area contributed by atoms with E-state index in [1.54, 1.807) is 0 Å². The Morgan fingerprint density at radius 3 is 2.75 bits per heavy atom. The van der Waals surface area contributed by atoms with Gasteiger partial charge in [-0.05, 0) is 19.3 Å². The summed E-state index contributed by atoms with van der Waals surface area (Å²) in [6, 6.07) is 0.861. The van der Waals surface area contributed by atoms with Crippen LogP contribution in [0.25, 0.3) is 0 Å². The summed E-state index contributed by atoms with van der Waals surface area (Å²) in [7, 11) is 0. The summed E-state index contributed by atoms with van der Waals surface area (Å²) in [5, 5.41) is 16.5. The van der Waals surface area contributed by atoms with Crippen molar-refractivity contribution in [2.24, 2.45) is 5.92 Å². The molecule has 0 spiro atoms. The summed E-state index contributed by atoms with van der Waals surface area (Å²) in [4.78, 5) is 0. The number of hydrogen-bond donors (Lipinski definition) is 3. The van der Waals surface area contributed by atoms with Crippen molar-refractivity contribution in [1.82, 2.24) is 10.6 Å². The van der Waals surface area contributed by atoms with Crippen LogP contribution < -0.4 is 10.6 Å². The van der Waals surface area contributed by atoms with E-state index in [2.05, 4.69) is 17.6 Å². The Labute approximate surface area is 98.8 Å². The summed E-state index contributed by atoms with van der Waals surface area (Å²) in [5.41, 5.74) is 0. The lowest BCUT2D eigenvalue weighted by molar-refractivity contribution is 0.0694. The van der Waals surface area contributed by atoms with Crippen molar-refractivity contribution in [2.45, 2.75) is 45.4 Å². The third kappa shape index (κ3) is 5.25. The number of morpholine rings is 1. The second-order valence-corrected chi connectivity index (χ2v) is 5.08. The molecule has 96 valence electrons.